The van der Waals surface area contributed by atoms with E-state index in [1.165, 1.54) is 5.69 Å². The molecule has 0 atom stereocenters. The Balaban J connectivity index is 1.68. The van der Waals surface area contributed by atoms with Gasteiger partial charge in [0, 0.05) is 31.9 Å². The maximum Gasteiger partial charge on any atom is 0.361 e. The number of carbonyl (C=O) groups excluding carboxylic acids is 1. The maximum atomic E-state index is 12.8. The van der Waals surface area contributed by atoms with E-state index in [0.29, 0.717) is 11.5 Å². The molecule has 0 amide bonds. The van der Waals surface area contributed by atoms with E-state index in [1.807, 2.05) is 39.0 Å². The number of ether oxygens (including phenoxy) is 1. The first-order valence-electron chi connectivity index (χ1n) is 10.5. The van der Waals surface area contributed by atoms with Crippen LogP contribution in [0.2, 0.25) is 0 Å². The number of nitrogens with zero attached hydrogens (tertiary/aromatic N) is 4. The second-order valence-electron chi connectivity index (χ2n) is 8.08. The van der Waals surface area contributed by atoms with Crippen molar-refractivity contribution < 1.29 is 9.53 Å². The average molecular weight is 405 g/mol. The van der Waals surface area contributed by atoms with Gasteiger partial charge in [-0.25, -0.2) is 14.8 Å². The van der Waals surface area contributed by atoms with E-state index in [0.717, 1.165) is 48.3 Å². The summed E-state index contributed by atoms with van der Waals surface area (Å²) in [6, 6.07) is 14.4. The Bertz CT molecular complexity index is 1060. The Morgan fingerprint density at radius 3 is 2.07 bits per heavy atom. The van der Waals surface area contributed by atoms with E-state index >= 15 is 0 Å². The number of carbonyl (C=O) groups is 1. The van der Waals surface area contributed by atoms with Crippen LogP contribution in [-0.2, 0) is 4.74 Å². The summed E-state index contributed by atoms with van der Waals surface area (Å²) >= 11 is 0. The van der Waals surface area contributed by atoms with Gasteiger partial charge < -0.3 is 14.5 Å². The molecule has 156 valence electrons. The van der Waals surface area contributed by atoms with Gasteiger partial charge in [0.25, 0.3) is 0 Å². The van der Waals surface area contributed by atoms with Gasteiger partial charge in [-0.2, -0.15) is 0 Å². The topological polar surface area (TPSA) is 58.6 Å². The molecule has 4 rings (SSSR count). The highest BCUT2D eigenvalue weighted by Crippen LogP contribution is 2.26. The molecule has 1 aliphatic heterocycles. The molecular weight excluding hydrogens is 376 g/mol. The second-order valence-corrected chi connectivity index (χ2v) is 8.08. The van der Waals surface area contributed by atoms with Crippen molar-refractivity contribution in [3.05, 3.63) is 59.3 Å². The average Bonchev–Trinajstić information content (AvgIpc) is 2.74. The number of piperazine rings is 1. The molecular formula is C24H28N4O2. The first-order valence-corrected chi connectivity index (χ1v) is 10.5. The Kier molecular flexibility index (Phi) is 5.57. The van der Waals surface area contributed by atoms with E-state index < -0.39 is 5.97 Å². The summed E-state index contributed by atoms with van der Waals surface area (Å²) < 4.78 is 5.48. The van der Waals surface area contributed by atoms with Crippen molar-refractivity contribution in [2.45, 2.75) is 33.8 Å². The third kappa shape index (κ3) is 4.08. The van der Waals surface area contributed by atoms with Crippen LogP contribution in [0.3, 0.4) is 0 Å². The molecule has 1 aromatic heterocycles. The summed E-state index contributed by atoms with van der Waals surface area (Å²) in [5, 5.41) is 0. The zero-order valence-electron chi connectivity index (χ0n) is 18.1. The summed E-state index contributed by atoms with van der Waals surface area (Å²) in [7, 11) is 0. The molecule has 0 unspecified atom stereocenters. The lowest BCUT2D eigenvalue weighted by Gasteiger charge is -2.37. The van der Waals surface area contributed by atoms with Crippen LogP contribution in [0.1, 0.15) is 35.5 Å². The van der Waals surface area contributed by atoms with E-state index in [2.05, 4.69) is 41.0 Å². The first kappa shape index (κ1) is 20.1. The summed E-state index contributed by atoms with van der Waals surface area (Å²) in [6.45, 7) is 11.0. The first-order chi connectivity index (χ1) is 14.4. The number of rotatable bonds is 4. The van der Waals surface area contributed by atoms with Crippen molar-refractivity contribution in [1.29, 1.82) is 0 Å². The van der Waals surface area contributed by atoms with Crippen LogP contribution in [0.25, 0.3) is 11.0 Å². The number of hydrogen-bond acceptors (Lipinski definition) is 6. The molecule has 6 nitrogen and oxygen atoms in total. The zero-order valence-corrected chi connectivity index (χ0v) is 18.1. The fraction of sp³-hybridized carbons (Fsp3) is 0.375. The zero-order chi connectivity index (χ0) is 21.3. The number of aryl methyl sites for hydroxylation is 2. The highest BCUT2D eigenvalue weighted by Gasteiger charge is 2.26. The monoisotopic (exact) mass is 404 g/mol. The molecule has 30 heavy (non-hydrogen) atoms. The van der Waals surface area contributed by atoms with Crippen molar-refractivity contribution in [2.24, 2.45) is 0 Å². The third-order valence-electron chi connectivity index (χ3n) is 5.50. The van der Waals surface area contributed by atoms with Gasteiger partial charge in [-0.15, -0.1) is 0 Å². The minimum atomic E-state index is -0.418. The fourth-order valence-corrected chi connectivity index (χ4v) is 3.74. The molecule has 1 fully saturated rings. The number of para-hydroxylation sites is 1. The van der Waals surface area contributed by atoms with Crippen LogP contribution >= 0.6 is 0 Å². The summed E-state index contributed by atoms with van der Waals surface area (Å²) in [6.07, 6.45) is -0.211. The highest BCUT2D eigenvalue weighted by molar-refractivity contribution is 5.95. The van der Waals surface area contributed by atoms with Crippen molar-refractivity contribution in [3.8, 4) is 0 Å². The normalized spacial score (nSPS) is 14.4. The minimum absolute atomic E-state index is 0.211. The van der Waals surface area contributed by atoms with Crippen LogP contribution in [-0.4, -0.2) is 48.2 Å². The van der Waals surface area contributed by atoms with Gasteiger partial charge in [0.2, 0.25) is 0 Å². The summed E-state index contributed by atoms with van der Waals surface area (Å²) in [5.74, 6) is 0.197. The van der Waals surface area contributed by atoms with Crippen LogP contribution < -0.4 is 9.80 Å². The molecule has 6 heteroatoms. The SMILES string of the molecule is Cc1cc2nc(C(=O)OC(C)C)c(N3CCN(c4ccccc4)CC3)nc2cc1C. The molecule has 2 aromatic carbocycles. The van der Waals surface area contributed by atoms with Gasteiger partial charge >= 0.3 is 5.97 Å². The molecule has 1 saturated heterocycles. The summed E-state index contributed by atoms with van der Waals surface area (Å²) in [4.78, 5) is 26.9. The van der Waals surface area contributed by atoms with Gasteiger partial charge in [-0.05, 0) is 63.1 Å². The van der Waals surface area contributed by atoms with Crippen molar-refractivity contribution in [2.75, 3.05) is 36.0 Å². The predicted molar refractivity (Wildman–Crippen MR) is 120 cm³/mol. The van der Waals surface area contributed by atoms with Gasteiger partial charge in [-0.1, -0.05) is 18.2 Å². The Morgan fingerprint density at radius 1 is 0.900 bits per heavy atom. The third-order valence-corrected chi connectivity index (χ3v) is 5.50. The fourth-order valence-electron chi connectivity index (χ4n) is 3.74. The summed E-state index contributed by atoms with van der Waals surface area (Å²) in [5.41, 5.74) is 5.33. The van der Waals surface area contributed by atoms with Crippen molar-refractivity contribution >= 4 is 28.5 Å². The molecule has 2 heterocycles. The lowest BCUT2D eigenvalue weighted by molar-refractivity contribution is 0.0371. The second kappa shape index (κ2) is 8.30. The van der Waals surface area contributed by atoms with E-state index in [4.69, 9.17) is 14.7 Å². The standard InChI is InChI=1S/C24H28N4O2/c1-16(2)30-24(29)22-23(26-21-15-18(4)17(3)14-20(21)25-22)28-12-10-27(11-13-28)19-8-6-5-7-9-19/h5-9,14-16H,10-13H2,1-4H3. The van der Waals surface area contributed by atoms with E-state index in [9.17, 15) is 4.79 Å². The Morgan fingerprint density at radius 2 is 1.47 bits per heavy atom. The molecule has 1 aliphatic rings. The molecule has 0 aliphatic carbocycles. The smallest absolute Gasteiger partial charge is 0.361 e. The van der Waals surface area contributed by atoms with Gasteiger partial charge in [-0.3, -0.25) is 0 Å². The van der Waals surface area contributed by atoms with Gasteiger partial charge in [0.05, 0.1) is 17.1 Å². The predicted octanol–water partition coefficient (Wildman–Crippen LogP) is 4.14. The van der Waals surface area contributed by atoms with Crippen LogP contribution in [0.5, 0.6) is 0 Å². The Hall–Kier alpha value is -3.15. The van der Waals surface area contributed by atoms with E-state index in [-0.39, 0.29) is 6.10 Å². The molecule has 0 spiro atoms. The van der Waals surface area contributed by atoms with Crippen LogP contribution in [0.15, 0.2) is 42.5 Å². The molecule has 0 bridgehead atoms. The number of hydrogen-bond donors (Lipinski definition) is 0. The molecule has 0 N–H and O–H groups in total. The van der Waals surface area contributed by atoms with Gasteiger partial charge in [0.1, 0.15) is 0 Å². The maximum absolute atomic E-state index is 12.8. The highest BCUT2D eigenvalue weighted by atomic mass is 16.5. The number of esters is 1. The minimum Gasteiger partial charge on any atom is -0.458 e. The number of fused-ring (bicyclic) bond motifs is 1. The van der Waals surface area contributed by atoms with Crippen molar-refractivity contribution in [1.82, 2.24) is 9.97 Å². The molecule has 0 saturated carbocycles. The lowest BCUT2D eigenvalue weighted by Crippen LogP contribution is -2.47. The largest absolute Gasteiger partial charge is 0.458 e. The number of aromatic nitrogens is 2. The van der Waals surface area contributed by atoms with Crippen LogP contribution in [0, 0.1) is 13.8 Å². The lowest BCUT2D eigenvalue weighted by atomic mass is 10.1. The van der Waals surface area contributed by atoms with E-state index in [1.54, 1.807) is 0 Å². The Labute approximate surface area is 177 Å². The molecule has 3 aromatic rings. The quantitative estimate of drug-likeness (QED) is 0.609. The van der Waals surface area contributed by atoms with Gasteiger partial charge in [0.15, 0.2) is 11.5 Å². The molecule has 0 radical (unpaired) electrons. The number of anilines is 2. The van der Waals surface area contributed by atoms with Crippen molar-refractivity contribution in [3.63, 3.8) is 0 Å². The van der Waals surface area contributed by atoms with Crippen LogP contribution in [0.4, 0.5) is 11.5 Å². The number of benzene rings is 2.